The summed E-state index contributed by atoms with van der Waals surface area (Å²) in [6.07, 6.45) is 5.28. The second-order valence-corrected chi connectivity index (χ2v) is 9.81. The van der Waals surface area contributed by atoms with Gasteiger partial charge >= 0.3 is 5.97 Å². The zero-order chi connectivity index (χ0) is 22.9. The van der Waals surface area contributed by atoms with E-state index in [1.165, 1.54) is 12.8 Å². The number of rotatable bonds is 8. The number of aromatic nitrogens is 6. The first-order chi connectivity index (χ1) is 16.0. The molecule has 0 aliphatic heterocycles. The highest BCUT2D eigenvalue weighted by Gasteiger charge is 2.29. The van der Waals surface area contributed by atoms with Crippen molar-refractivity contribution in [2.45, 2.75) is 64.0 Å². The van der Waals surface area contributed by atoms with E-state index in [2.05, 4.69) is 25.8 Å². The van der Waals surface area contributed by atoms with E-state index in [9.17, 15) is 9.90 Å². The summed E-state index contributed by atoms with van der Waals surface area (Å²) < 4.78 is 7.87. The summed E-state index contributed by atoms with van der Waals surface area (Å²) in [5.74, 6) is 0.192. The van der Waals surface area contributed by atoms with Gasteiger partial charge in [-0.25, -0.2) is 9.67 Å². The summed E-state index contributed by atoms with van der Waals surface area (Å²) >= 11 is 1.60. The lowest BCUT2D eigenvalue weighted by molar-refractivity contribution is -0.143. The Labute approximate surface area is 195 Å². The van der Waals surface area contributed by atoms with E-state index >= 15 is 0 Å². The number of carbonyl (C=O) groups is 1. The molecule has 33 heavy (non-hydrogen) atoms. The van der Waals surface area contributed by atoms with Gasteiger partial charge in [0, 0.05) is 13.0 Å². The van der Waals surface area contributed by atoms with Gasteiger partial charge in [0.2, 0.25) is 5.13 Å². The maximum atomic E-state index is 11.3. The minimum absolute atomic E-state index is 0.102. The largest absolute Gasteiger partial charge is 0.489 e. The Hall–Kier alpha value is -3.08. The summed E-state index contributed by atoms with van der Waals surface area (Å²) in [6, 6.07) is 3.77. The van der Waals surface area contributed by atoms with Crippen molar-refractivity contribution in [1.82, 2.24) is 30.2 Å². The van der Waals surface area contributed by atoms with Gasteiger partial charge in [0.25, 0.3) is 0 Å². The number of nitrogens with zero attached hydrogens (tertiary/aromatic N) is 6. The number of ether oxygens (including phenoxy) is 1. The van der Waals surface area contributed by atoms with Crippen molar-refractivity contribution < 1.29 is 14.6 Å². The zero-order valence-corrected chi connectivity index (χ0v) is 19.5. The normalized spacial score (nSPS) is 20.5. The summed E-state index contributed by atoms with van der Waals surface area (Å²) in [7, 11) is 1.86. The van der Waals surface area contributed by atoms with Gasteiger partial charge in [-0.15, -0.1) is 15.3 Å². The molecule has 2 aliphatic rings. The van der Waals surface area contributed by atoms with Gasteiger partial charge in [0.05, 0.1) is 35.6 Å². The summed E-state index contributed by atoms with van der Waals surface area (Å²) in [6.45, 7) is 2.40. The van der Waals surface area contributed by atoms with Gasteiger partial charge in [-0.1, -0.05) is 16.6 Å². The molecule has 0 amide bonds. The van der Waals surface area contributed by atoms with Crippen LogP contribution < -0.4 is 10.1 Å². The summed E-state index contributed by atoms with van der Waals surface area (Å²) in [4.78, 5) is 16.1. The fourth-order valence-corrected chi connectivity index (χ4v) is 5.10. The number of anilines is 1. The Morgan fingerprint density at radius 2 is 2.09 bits per heavy atom. The molecule has 0 bridgehead atoms. The zero-order valence-electron chi connectivity index (χ0n) is 18.7. The molecule has 3 aromatic heterocycles. The maximum Gasteiger partial charge on any atom is 0.306 e. The van der Waals surface area contributed by atoms with Crippen molar-refractivity contribution >= 4 is 22.4 Å². The predicted molar refractivity (Wildman–Crippen MR) is 122 cm³/mol. The second-order valence-electron chi connectivity index (χ2n) is 8.80. The fourth-order valence-electron chi connectivity index (χ4n) is 4.20. The predicted octanol–water partition coefficient (Wildman–Crippen LogP) is 3.55. The van der Waals surface area contributed by atoms with Crippen LogP contribution in [0, 0.1) is 12.8 Å². The molecular formula is C22H27N7O3S. The van der Waals surface area contributed by atoms with Crippen LogP contribution in [0.25, 0.3) is 11.4 Å². The van der Waals surface area contributed by atoms with Crippen LogP contribution in [0.5, 0.6) is 5.75 Å². The van der Waals surface area contributed by atoms with E-state index in [1.54, 1.807) is 16.0 Å². The molecule has 2 atom stereocenters. The van der Waals surface area contributed by atoms with Crippen LogP contribution in [-0.2, 0) is 18.4 Å². The quantitative estimate of drug-likeness (QED) is 0.509. The third kappa shape index (κ3) is 4.82. The van der Waals surface area contributed by atoms with Crippen molar-refractivity contribution in [3.05, 3.63) is 28.5 Å². The lowest BCUT2D eigenvalue weighted by atomic mass is 9.87. The third-order valence-electron chi connectivity index (χ3n) is 6.27. The fraction of sp³-hybridized carbons (Fsp3) is 0.545. The maximum absolute atomic E-state index is 11.3. The molecule has 0 unspecified atom stereocenters. The minimum Gasteiger partial charge on any atom is -0.489 e. The number of pyridine rings is 1. The van der Waals surface area contributed by atoms with Crippen molar-refractivity contribution in [3.63, 3.8) is 0 Å². The van der Waals surface area contributed by atoms with E-state index < -0.39 is 5.97 Å². The molecule has 0 radical (unpaired) electrons. The molecule has 3 aromatic rings. The molecule has 2 aliphatic carbocycles. The van der Waals surface area contributed by atoms with E-state index in [4.69, 9.17) is 9.72 Å². The Morgan fingerprint density at radius 3 is 2.85 bits per heavy atom. The molecule has 11 heteroatoms. The monoisotopic (exact) mass is 469 g/mol. The molecule has 0 aromatic carbocycles. The molecule has 0 saturated heterocycles. The lowest BCUT2D eigenvalue weighted by Gasteiger charge is -2.27. The van der Waals surface area contributed by atoms with Gasteiger partial charge in [-0.2, -0.15) is 0 Å². The first kappa shape index (κ1) is 21.7. The number of aliphatic carboxylic acids is 1. The Kier molecular flexibility index (Phi) is 5.96. The molecule has 2 fully saturated rings. The number of carboxylic acids is 1. The molecule has 3 heterocycles. The molecule has 2 saturated carbocycles. The van der Waals surface area contributed by atoms with E-state index in [0.29, 0.717) is 42.4 Å². The summed E-state index contributed by atoms with van der Waals surface area (Å²) in [5, 5.41) is 31.6. The van der Waals surface area contributed by atoms with Gasteiger partial charge in [-0.05, 0) is 57.6 Å². The molecule has 5 rings (SSSR count). The van der Waals surface area contributed by atoms with Crippen LogP contribution in [0.3, 0.4) is 0 Å². The van der Waals surface area contributed by atoms with Gasteiger partial charge in [-0.3, -0.25) is 4.79 Å². The topological polar surface area (TPSA) is 128 Å². The average Bonchev–Trinajstić information content (AvgIpc) is 3.43. The lowest BCUT2D eigenvalue weighted by Crippen LogP contribution is -2.29. The van der Waals surface area contributed by atoms with Gasteiger partial charge in [0.1, 0.15) is 16.5 Å². The number of carboxylic acid groups (broad SMARTS) is 1. The van der Waals surface area contributed by atoms with E-state index in [-0.39, 0.29) is 12.0 Å². The van der Waals surface area contributed by atoms with Crippen LogP contribution in [0.2, 0.25) is 0 Å². The molecule has 0 spiro atoms. The number of hydrogen-bond acceptors (Lipinski definition) is 9. The van der Waals surface area contributed by atoms with Crippen LogP contribution in [0.4, 0.5) is 5.13 Å². The Balaban J connectivity index is 1.28. The number of aryl methyl sites for hydroxylation is 2. The average molecular weight is 470 g/mol. The first-order valence-electron chi connectivity index (χ1n) is 11.3. The van der Waals surface area contributed by atoms with E-state index in [0.717, 1.165) is 34.4 Å². The summed E-state index contributed by atoms with van der Waals surface area (Å²) in [5.41, 5.74) is 3.06. The van der Waals surface area contributed by atoms with Crippen LogP contribution in [0.15, 0.2) is 12.1 Å². The third-order valence-corrected chi connectivity index (χ3v) is 7.31. The van der Waals surface area contributed by atoms with Gasteiger partial charge < -0.3 is 15.2 Å². The SMILES string of the molecule is Cc1nc(-c2nnn(C)c2CNc2nnc(C3CC3)s2)ccc1O[C@H]1CCC[C@H](C(=O)O)C1. The second kappa shape index (κ2) is 9.05. The number of nitrogens with one attached hydrogen (secondary N) is 1. The molecule has 174 valence electrons. The Morgan fingerprint density at radius 1 is 1.24 bits per heavy atom. The Bertz CT molecular complexity index is 1160. The highest BCUT2D eigenvalue weighted by Crippen LogP contribution is 2.42. The highest BCUT2D eigenvalue weighted by atomic mass is 32.1. The van der Waals surface area contributed by atoms with Crippen LogP contribution in [-0.4, -0.2) is 47.4 Å². The molecular weight excluding hydrogens is 442 g/mol. The first-order valence-corrected chi connectivity index (χ1v) is 12.1. The molecule has 2 N–H and O–H groups in total. The van der Waals surface area contributed by atoms with Crippen LogP contribution in [0.1, 0.15) is 60.8 Å². The minimum atomic E-state index is -0.741. The van der Waals surface area contributed by atoms with Crippen molar-refractivity contribution in [3.8, 4) is 17.1 Å². The van der Waals surface area contributed by atoms with Crippen LogP contribution >= 0.6 is 11.3 Å². The standard InChI is InChI=1S/C22H27N7O3S/c1-12-18(32-15-5-3-4-14(10-15)21(30)31)9-8-16(24-12)19-17(29(2)28-25-19)11-23-22-27-26-20(33-22)13-6-7-13/h8-9,13-15H,3-7,10-11H2,1-2H3,(H,23,27)(H,30,31)/t14-,15-/m0/s1. The smallest absolute Gasteiger partial charge is 0.306 e. The van der Waals surface area contributed by atoms with Crippen molar-refractivity contribution in [2.75, 3.05) is 5.32 Å². The van der Waals surface area contributed by atoms with E-state index in [1.807, 2.05) is 26.1 Å². The number of hydrogen-bond donors (Lipinski definition) is 2. The van der Waals surface area contributed by atoms with Crippen molar-refractivity contribution in [1.29, 1.82) is 0 Å². The van der Waals surface area contributed by atoms with Crippen molar-refractivity contribution in [2.24, 2.45) is 13.0 Å². The highest BCUT2D eigenvalue weighted by molar-refractivity contribution is 7.15. The molecule has 10 nitrogen and oxygen atoms in total. The van der Waals surface area contributed by atoms with Gasteiger partial charge in [0.15, 0.2) is 0 Å².